The number of likely N-dealkylation sites (N-methyl/N-ethyl adjacent to an activating group) is 2. The summed E-state index contributed by atoms with van der Waals surface area (Å²) in [4.78, 5) is 12.0. The number of rotatable bonds is 21. The Kier molecular flexibility index (Phi) is 14.6. The van der Waals surface area contributed by atoms with E-state index in [1.807, 2.05) is 13.8 Å². The fourth-order valence-corrected chi connectivity index (χ4v) is 7.02. The van der Waals surface area contributed by atoms with E-state index in [0.717, 1.165) is 25.4 Å². The van der Waals surface area contributed by atoms with Crippen LogP contribution in [0.4, 0.5) is 11.4 Å². The van der Waals surface area contributed by atoms with E-state index in [2.05, 4.69) is 9.97 Å². The molecule has 0 N–H and O–H groups in total. The molecule has 0 fully saturated rings. The third kappa shape index (κ3) is 10.8. The molecule has 0 spiro atoms. The van der Waals surface area contributed by atoms with Crippen LogP contribution in [0.1, 0.15) is 26.7 Å². The van der Waals surface area contributed by atoms with Gasteiger partial charge in [0.1, 0.15) is 0 Å². The van der Waals surface area contributed by atoms with Crippen LogP contribution >= 0.6 is 0 Å². The molecule has 2 aromatic carbocycles. The average Bonchev–Trinajstić information content (AvgIpc) is 3.16. The highest BCUT2D eigenvalue weighted by atomic mass is 32.2. The van der Waals surface area contributed by atoms with E-state index in [1.54, 1.807) is 66.7 Å². The molecule has 0 unspecified atom stereocenters. The average molecular weight is 819 g/mol. The van der Waals surface area contributed by atoms with Gasteiger partial charge in [-0.2, -0.15) is 16.8 Å². The molecule has 4 aromatic rings. The molecule has 2 heterocycles. The molecule has 16 nitrogen and oxygen atoms in total. The smallest absolute Gasteiger partial charge is 0.300 e. The number of aromatic nitrogens is 2. The summed E-state index contributed by atoms with van der Waals surface area (Å²) < 4.78 is 96.3. The highest BCUT2D eigenvalue weighted by molar-refractivity contribution is 7.86. The van der Waals surface area contributed by atoms with E-state index in [1.165, 1.54) is 46.6 Å². The summed E-state index contributed by atoms with van der Waals surface area (Å²) in [5.41, 5.74) is 3.12. The molecule has 56 heavy (non-hydrogen) atoms. The fraction of sp³-hybridized carbons (Fsp3) is 0.421. The first-order valence-electron chi connectivity index (χ1n) is 17.5. The molecule has 0 radical (unpaired) electrons. The first-order chi connectivity index (χ1) is 26.5. The van der Waals surface area contributed by atoms with Gasteiger partial charge in [0, 0.05) is 25.2 Å². The molecule has 306 valence electrons. The molecule has 18 heteroatoms. The lowest BCUT2D eigenvalue weighted by Crippen LogP contribution is -2.59. The van der Waals surface area contributed by atoms with Crippen LogP contribution in [0.15, 0.2) is 60.9 Å². The van der Waals surface area contributed by atoms with Gasteiger partial charge in [-0.1, -0.05) is 13.8 Å². The summed E-state index contributed by atoms with van der Waals surface area (Å²) in [6, 6.07) is 13.8. The number of methoxy groups -OCH3 is 4. The second-order valence-corrected chi connectivity index (χ2v) is 15.8. The maximum absolute atomic E-state index is 12.8. The predicted octanol–water partition coefficient (Wildman–Crippen LogP) is 5.60. The van der Waals surface area contributed by atoms with Crippen LogP contribution in [-0.2, 0) is 28.6 Å². The Morgan fingerprint density at radius 3 is 1.29 bits per heavy atom. The largest absolute Gasteiger partial charge is 0.493 e. The predicted molar refractivity (Wildman–Crippen MR) is 213 cm³/mol. The molecule has 0 saturated carbocycles. The maximum atomic E-state index is 12.8. The highest BCUT2D eigenvalue weighted by Gasteiger charge is 2.46. The minimum atomic E-state index is -4.35. The number of hydrogen-bond donors (Lipinski definition) is 0. The Bertz CT molecular complexity index is 2070. The van der Waals surface area contributed by atoms with Crippen LogP contribution in [0.25, 0.3) is 22.5 Å². The first kappa shape index (κ1) is 43.7. The summed E-state index contributed by atoms with van der Waals surface area (Å²) in [6.07, 6.45) is 6.15. The van der Waals surface area contributed by atoms with E-state index >= 15 is 0 Å². The third-order valence-corrected chi connectivity index (χ3v) is 9.38. The lowest BCUT2D eigenvalue weighted by atomic mass is 10.1. The molecule has 2 aromatic heterocycles. The van der Waals surface area contributed by atoms with E-state index in [9.17, 15) is 16.8 Å². The zero-order valence-corrected chi connectivity index (χ0v) is 34.9. The van der Waals surface area contributed by atoms with Crippen molar-refractivity contribution in [1.82, 2.24) is 9.97 Å². The van der Waals surface area contributed by atoms with Crippen molar-refractivity contribution in [1.29, 1.82) is 0 Å². The van der Waals surface area contributed by atoms with Gasteiger partial charge in [0.25, 0.3) is 20.2 Å². The maximum Gasteiger partial charge on any atom is 0.300 e. The van der Waals surface area contributed by atoms with Gasteiger partial charge in [-0.3, -0.25) is 9.97 Å². The van der Waals surface area contributed by atoms with E-state index < -0.39 is 32.7 Å². The Balaban J connectivity index is 1.71. The minimum Gasteiger partial charge on any atom is -0.493 e. The molecular formula is C38H50N4O12S2. The van der Waals surface area contributed by atoms with Gasteiger partial charge in [0.2, 0.25) is 11.5 Å². The Morgan fingerprint density at radius 1 is 0.607 bits per heavy atom. The van der Waals surface area contributed by atoms with Crippen LogP contribution in [0, 0.1) is 0 Å². The molecule has 0 aliphatic rings. The van der Waals surface area contributed by atoms with E-state index in [4.69, 9.17) is 36.8 Å². The Labute approximate surface area is 329 Å². The van der Waals surface area contributed by atoms with Crippen molar-refractivity contribution in [3.63, 3.8) is 0 Å². The molecule has 0 bridgehead atoms. The molecule has 0 amide bonds. The van der Waals surface area contributed by atoms with Gasteiger partial charge in [-0.15, -0.1) is 0 Å². The van der Waals surface area contributed by atoms with Gasteiger partial charge in [-0.25, -0.2) is 8.37 Å². The number of pyridine rings is 2. The molecule has 0 aliphatic heterocycles. The molecule has 0 saturated heterocycles. The Morgan fingerprint density at radius 2 is 0.982 bits per heavy atom. The summed E-state index contributed by atoms with van der Waals surface area (Å²) in [6.45, 7) is 4.48. The van der Waals surface area contributed by atoms with Crippen molar-refractivity contribution in [2.45, 2.75) is 32.6 Å². The lowest BCUT2D eigenvalue weighted by molar-refractivity contribution is -0.0930. The highest BCUT2D eigenvalue weighted by Crippen LogP contribution is 2.43. The van der Waals surface area contributed by atoms with Crippen LogP contribution in [0.2, 0.25) is 0 Å². The monoisotopic (exact) mass is 818 g/mol. The number of hydrogen-bond acceptors (Lipinski definition) is 16. The zero-order valence-electron chi connectivity index (χ0n) is 33.3. The van der Waals surface area contributed by atoms with Crippen molar-refractivity contribution in [2.75, 3.05) is 84.6 Å². The Hall–Kier alpha value is -5.04. The normalized spacial score (nSPS) is 11.8. The quantitative estimate of drug-likeness (QED) is 0.0750. The minimum absolute atomic E-state index is 0.263. The van der Waals surface area contributed by atoms with Gasteiger partial charge in [0.05, 0.1) is 95.9 Å². The van der Waals surface area contributed by atoms with Crippen molar-refractivity contribution in [2.24, 2.45) is 0 Å². The molecule has 0 atom stereocenters. The number of nitrogens with zero attached hydrogens (tertiary/aromatic N) is 4. The molecular weight excluding hydrogens is 769 g/mol. The second kappa shape index (κ2) is 18.7. The third-order valence-electron chi connectivity index (χ3n) is 8.25. The first-order valence-corrected chi connectivity index (χ1v) is 21.1. The van der Waals surface area contributed by atoms with Crippen LogP contribution in [0.3, 0.4) is 0 Å². The lowest BCUT2D eigenvalue weighted by Gasteiger charge is -2.42. The van der Waals surface area contributed by atoms with Crippen LogP contribution < -0.4 is 38.2 Å². The summed E-state index contributed by atoms with van der Waals surface area (Å²) >= 11 is 0. The second-order valence-electron chi connectivity index (χ2n) is 12.6. The summed E-state index contributed by atoms with van der Waals surface area (Å²) in [7, 11) is 0.456. The van der Waals surface area contributed by atoms with Crippen molar-refractivity contribution < 1.29 is 53.6 Å². The van der Waals surface area contributed by atoms with E-state index in [-0.39, 0.29) is 5.69 Å². The van der Waals surface area contributed by atoms with Crippen molar-refractivity contribution >= 4 is 31.6 Å². The SMILES string of the molecule is CCCOc1c(OC)cc(-c2ccc(N(C)CC(OS(C)(=O)=O)(OS(C)(=O)=O)N(C)c3ccc(-c4cc(OC)c(OCCC)c(OC)c4)nc3)cn2)cc1OC. The number of ether oxygens (including phenoxy) is 6. The van der Waals surface area contributed by atoms with Gasteiger partial charge in [0.15, 0.2) is 23.0 Å². The number of benzene rings is 2. The van der Waals surface area contributed by atoms with Crippen molar-refractivity contribution in [3.8, 4) is 57.0 Å². The number of anilines is 2. The molecule has 0 aliphatic carbocycles. The van der Waals surface area contributed by atoms with Crippen LogP contribution in [-0.4, -0.2) is 108 Å². The van der Waals surface area contributed by atoms with Crippen molar-refractivity contribution in [3.05, 3.63) is 60.9 Å². The zero-order chi connectivity index (χ0) is 41.3. The van der Waals surface area contributed by atoms with Gasteiger partial charge in [-0.05, 0) is 61.4 Å². The standard InChI is InChI=1S/C38H50N4O12S2/c1-11-17-51-36-32(47-5)19-26(20-33(36)48-6)30-15-13-28(23-39-30)41(3)25-38(53-55(9,43)44,54-56(10,45)46)42(4)29-14-16-31(40-24-29)27-21-34(49-7)37(52-18-12-2)35(22-27)50-8/h13-16,19-24H,11-12,17-18,25H2,1-10H3. The molecule has 4 rings (SSSR count). The van der Waals surface area contributed by atoms with Gasteiger partial charge >= 0.3 is 5.91 Å². The summed E-state index contributed by atoms with van der Waals surface area (Å²) in [5, 5.41) is 0. The van der Waals surface area contributed by atoms with Crippen LogP contribution in [0.5, 0.6) is 34.5 Å². The van der Waals surface area contributed by atoms with E-state index in [0.29, 0.717) is 75.9 Å². The summed E-state index contributed by atoms with van der Waals surface area (Å²) in [5.74, 6) is 0.311. The fourth-order valence-electron chi connectivity index (χ4n) is 5.63. The topological polar surface area (TPSA) is 174 Å². The van der Waals surface area contributed by atoms with Gasteiger partial charge < -0.3 is 38.2 Å².